The van der Waals surface area contributed by atoms with E-state index in [0.717, 1.165) is 0 Å². The highest BCUT2D eigenvalue weighted by Crippen LogP contribution is 2.29. The van der Waals surface area contributed by atoms with Crippen LogP contribution in [0.15, 0.2) is 24.3 Å². The molecule has 3 atom stereocenters. The molecule has 1 rings (SSSR count). The summed E-state index contributed by atoms with van der Waals surface area (Å²) in [5.41, 5.74) is 0.536. The van der Waals surface area contributed by atoms with Crippen LogP contribution in [0.2, 0.25) is 0 Å². The van der Waals surface area contributed by atoms with Crippen molar-refractivity contribution in [2.24, 2.45) is 11.8 Å². The monoisotopic (exact) mass is 383 g/mol. The van der Waals surface area contributed by atoms with Gasteiger partial charge in [0, 0.05) is 12.7 Å². The fraction of sp³-hybridized carbons (Fsp3) is 0.556. The first kappa shape index (κ1) is 22.1. The molecule has 0 heterocycles. The minimum Gasteiger partial charge on any atom is -0.497 e. The quantitative estimate of drug-likeness (QED) is 0.639. The molecule has 0 fully saturated rings. The molecule has 0 aliphatic carbocycles. The van der Waals surface area contributed by atoms with Crippen LogP contribution in [-0.2, 0) is 14.2 Å². The second-order valence-corrected chi connectivity index (χ2v) is 7.63. The molecule has 3 unspecified atom stereocenters. The van der Waals surface area contributed by atoms with E-state index in [4.69, 9.17) is 4.74 Å². The van der Waals surface area contributed by atoms with Gasteiger partial charge >= 0.3 is 8.03 Å². The van der Waals surface area contributed by atoms with Gasteiger partial charge in [-0.2, -0.15) is 4.89 Å². The molecule has 0 bridgehead atoms. The summed E-state index contributed by atoms with van der Waals surface area (Å²) in [5, 5.41) is 2.55. The van der Waals surface area contributed by atoms with E-state index in [1.807, 2.05) is 13.8 Å². The van der Waals surface area contributed by atoms with E-state index >= 15 is 0 Å². The molecule has 2 amide bonds. The fourth-order valence-electron chi connectivity index (χ4n) is 2.82. The van der Waals surface area contributed by atoms with Gasteiger partial charge in [0.25, 0.3) is 0 Å². The predicted octanol–water partition coefficient (Wildman–Crippen LogP) is 2.56. The number of methoxy groups -OCH3 is 1. The molecule has 1 aromatic carbocycles. The Morgan fingerprint density at radius 2 is 1.81 bits per heavy atom. The Hall–Kier alpha value is -1.98. The van der Waals surface area contributed by atoms with Crippen molar-refractivity contribution in [3.8, 4) is 5.75 Å². The van der Waals surface area contributed by atoms with Crippen LogP contribution in [0.1, 0.15) is 27.2 Å². The number of hydrogen-bond donors (Lipinski definition) is 2. The van der Waals surface area contributed by atoms with Gasteiger partial charge in [-0.1, -0.05) is 13.8 Å². The average molecular weight is 383 g/mol. The van der Waals surface area contributed by atoms with E-state index < -0.39 is 20.0 Å². The Balaban J connectivity index is 3.28. The second kappa shape index (κ2) is 10.2. The lowest BCUT2D eigenvalue weighted by Gasteiger charge is -2.31. The van der Waals surface area contributed by atoms with Gasteiger partial charge in [0.15, 0.2) is 6.16 Å². The first-order valence-electron chi connectivity index (χ1n) is 8.53. The number of likely N-dealkylation sites (N-methyl/N-ethyl adjacent to an activating group) is 1. The first-order chi connectivity index (χ1) is 12.2. The maximum Gasteiger partial charge on any atom is 0.506 e. The molecule has 2 N–H and O–H groups in total. The van der Waals surface area contributed by atoms with Gasteiger partial charge in [-0.25, -0.2) is 0 Å². The summed E-state index contributed by atoms with van der Waals surface area (Å²) in [5.74, 6) is -0.487. The van der Waals surface area contributed by atoms with Crippen LogP contribution in [0.5, 0.6) is 5.75 Å². The van der Waals surface area contributed by atoms with Crippen molar-refractivity contribution in [1.82, 2.24) is 5.32 Å². The van der Waals surface area contributed by atoms with Gasteiger partial charge in [-0.3, -0.25) is 14.5 Å². The highest BCUT2D eigenvalue weighted by atomic mass is 31.1. The molecular weight excluding hydrogens is 355 g/mol. The van der Waals surface area contributed by atoms with Crippen molar-refractivity contribution in [3.63, 3.8) is 0 Å². The van der Waals surface area contributed by atoms with Crippen LogP contribution in [0.25, 0.3) is 0 Å². The van der Waals surface area contributed by atoms with Gasteiger partial charge in [-0.05, 0) is 48.1 Å². The molecule has 8 heteroatoms. The highest BCUT2D eigenvalue weighted by molar-refractivity contribution is 7.38. The van der Waals surface area contributed by atoms with Crippen LogP contribution in [0, 0.1) is 11.8 Å². The Bertz CT molecular complexity index is 633. The lowest BCUT2D eigenvalue weighted by molar-refractivity contribution is -0.127. The summed E-state index contributed by atoms with van der Waals surface area (Å²) < 4.78 is 16.5. The Labute approximate surface area is 155 Å². The molecule has 26 heavy (non-hydrogen) atoms. The van der Waals surface area contributed by atoms with E-state index in [2.05, 4.69) is 5.32 Å². The number of carbonyl (C=O) groups excluding carboxylic acids is 2. The number of nitrogens with one attached hydrogen (secondary N) is 1. The fourth-order valence-corrected chi connectivity index (χ4v) is 3.50. The number of benzene rings is 1. The maximum absolute atomic E-state index is 13.2. The van der Waals surface area contributed by atoms with E-state index in [-0.39, 0.29) is 23.9 Å². The third-order valence-electron chi connectivity index (χ3n) is 4.08. The summed E-state index contributed by atoms with van der Waals surface area (Å²) in [6.45, 7) is 5.53. The average Bonchev–Trinajstić information content (AvgIpc) is 2.60. The lowest BCUT2D eigenvalue weighted by atomic mass is 9.96. The number of hydrogen-bond acceptors (Lipinski definition) is 4. The van der Waals surface area contributed by atoms with Gasteiger partial charge < -0.3 is 10.1 Å². The van der Waals surface area contributed by atoms with Gasteiger partial charge in [0.1, 0.15) is 11.8 Å². The van der Waals surface area contributed by atoms with E-state index in [0.29, 0.717) is 17.9 Å². The zero-order chi connectivity index (χ0) is 19.9. The lowest BCUT2D eigenvalue weighted by Crippen LogP contribution is -2.50. The van der Waals surface area contributed by atoms with Crippen molar-refractivity contribution in [3.05, 3.63) is 24.3 Å². The zero-order valence-corrected chi connectivity index (χ0v) is 16.8. The van der Waals surface area contributed by atoms with Crippen LogP contribution in [0.3, 0.4) is 0 Å². The van der Waals surface area contributed by atoms with Crippen LogP contribution in [0.4, 0.5) is 5.69 Å². The van der Waals surface area contributed by atoms with E-state index in [1.54, 1.807) is 38.3 Å². The zero-order valence-electron chi connectivity index (χ0n) is 15.9. The molecule has 0 aromatic heterocycles. The molecule has 7 nitrogen and oxygen atoms in total. The third kappa shape index (κ3) is 6.07. The Kier molecular flexibility index (Phi) is 8.69. The molecule has 1 aromatic rings. The third-order valence-corrected chi connectivity index (χ3v) is 4.84. The SMILES string of the molecule is CNC(=O)C(C)N(C(=O)C(CC(C)C)C[P+](=O)O)c1ccc(OC)cc1. The smallest absolute Gasteiger partial charge is 0.497 e. The number of nitrogens with zero attached hydrogens (tertiary/aromatic N) is 1. The molecular formula is C18H28N2O5P+. The number of amides is 2. The van der Waals surface area contributed by atoms with Crippen molar-refractivity contribution >= 4 is 25.5 Å². The minimum absolute atomic E-state index is 0.126. The largest absolute Gasteiger partial charge is 0.506 e. The predicted molar refractivity (Wildman–Crippen MR) is 102 cm³/mol. The van der Waals surface area contributed by atoms with Gasteiger partial charge in [-0.15, -0.1) is 0 Å². The molecule has 0 aliphatic heterocycles. The Morgan fingerprint density at radius 3 is 2.23 bits per heavy atom. The first-order valence-corrected chi connectivity index (χ1v) is 9.93. The number of rotatable bonds is 9. The van der Waals surface area contributed by atoms with Crippen LogP contribution in [-0.4, -0.2) is 43.1 Å². The number of anilines is 1. The van der Waals surface area contributed by atoms with Crippen molar-refractivity contribution in [2.45, 2.75) is 33.2 Å². The standard InChI is InChI=1S/C18H27N2O5P/c1-12(2)10-14(11-26(23)24)18(22)20(13(3)17(21)19-4)15-6-8-16(25-5)9-7-15/h6-9,12-14H,10-11H2,1-5H3,(H-,19,21,23,24)/p+1. The number of ether oxygens (including phenoxy) is 1. The number of carbonyl (C=O) groups is 2. The van der Waals surface area contributed by atoms with Gasteiger partial charge in [0.05, 0.1) is 13.0 Å². The Morgan fingerprint density at radius 1 is 1.23 bits per heavy atom. The molecule has 0 spiro atoms. The van der Waals surface area contributed by atoms with Crippen molar-refractivity contribution in [1.29, 1.82) is 0 Å². The topological polar surface area (TPSA) is 95.9 Å². The molecule has 0 saturated heterocycles. The second-order valence-electron chi connectivity index (χ2n) is 6.56. The summed E-state index contributed by atoms with van der Waals surface area (Å²) in [6.07, 6.45) is 0.340. The normalized spacial score (nSPS) is 13.7. The van der Waals surface area contributed by atoms with E-state index in [1.165, 1.54) is 11.9 Å². The van der Waals surface area contributed by atoms with Gasteiger partial charge in [0.2, 0.25) is 11.8 Å². The van der Waals surface area contributed by atoms with Crippen molar-refractivity contribution in [2.75, 3.05) is 25.2 Å². The minimum atomic E-state index is -2.46. The summed E-state index contributed by atoms with van der Waals surface area (Å²) in [7, 11) is 0.588. The molecule has 0 saturated carbocycles. The molecule has 0 radical (unpaired) electrons. The van der Waals surface area contributed by atoms with Crippen LogP contribution >= 0.6 is 8.03 Å². The molecule has 0 aliphatic rings. The van der Waals surface area contributed by atoms with Crippen LogP contribution < -0.4 is 15.0 Å². The highest BCUT2D eigenvalue weighted by Gasteiger charge is 2.36. The van der Waals surface area contributed by atoms with E-state index in [9.17, 15) is 19.0 Å². The summed E-state index contributed by atoms with van der Waals surface area (Å²) >= 11 is 0. The summed E-state index contributed by atoms with van der Waals surface area (Å²) in [4.78, 5) is 36.1. The van der Waals surface area contributed by atoms with Crippen molar-refractivity contribution < 1.29 is 23.8 Å². The molecule has 144 valence electrons. The summed E-state index contributed by atoms with van der Waals surface area (Å²) in [6, 6.07) is 6.04. The maximum atomic E-state index is 13.2.